The van der Waals surface area contributed by atoms with Gasteiger partial charge in [0, 0.05) is 18.7 Å². The summed E-state index contributed by atoms with van der Waals surface area (Å²) >= 11 is 0. The molecule has 1 aromatic heterocycles. The molecule has 1 aromatic carbocycles. The first kappa shape index (κ1) is 13.5. The number of benzene rings is 1. The van der Waals surface area contributed by atoms with E-state index in [1.807, 2.05) is 12.1 Å². The first-order valence-corrected chi connectivity index (χ1v) is 6.41. The molecule has 0 aliphatic heterocycles. The fraction of sp³-hybridized carbons (Fsp3) is 0.333. The van der Waals surface area contributed by atoms with Crippen molar-refractivity contribution >= 4 is 0 Å². The third-order valence-corrected chi connectivity index (χ3v) is 2.86. The summed E-state index contributed by atoms with van der Waals surface area (Å²) < 4.78 is 4.99. The van der Waals surface area contributed by atoms with Crippen molar-refractivity contribution in [3.8, 4) is 11.3 Å². The maximum atomic E-state index is 11.6. The van der Waals surface area contributed by atoms with Crippen LogP contribution in [-0.4, -0.2) is 17.1 Å². The number of methoxy groups -OCH3 is 1. The Hall–Kier alpha value is -1.94. The zero-order valence-electron chi connectivity index (χ0n) is 11.3. The van der Waals surface area contributed by atoms with Crippen LogP contribution in [0.25, 0.3) is 11.3 Å². The maximum absolute atomic E-state index is 11.6. The number of hydrogen-bond donors (Lipinski definition) is 1. The minimum Gasteiger partial charge on any atom is -0.377 e. The second-order valence-electron chi connectivity index (χ2n) is 4.46. The summed E-state index contributed by atoms with van der Waals surface area (Å²) in [5.74, 6) is 0.544. The topological polar surface area (TPSA) is 55.0 Å². The fourth-order valence-corrected chi connectivity index (χ4v) is 1.99. The Kier molecular flexibility index (Phi) is 4.47. The van der Waals surface area contributed by atoms with Crippen LogP contribution in [0.15, 0.2) is 35.1 Å². The van der Waals surface area contributed by atoms with Gasteiger partial charge in [0.1, 0.15) is 12.4 Å². The van der Waals surface area contributed by atoms with E-state index >= 15 is 0 Å². The SMILES string of the molecule is CCCc1ccc(-c2cc(=O)[nH]c(COC)n2)cc1. The summed E-state index contributed by atoms with van der Waals surface area (Å²) in [4.78, 5) is 18.6. The molecular formula is C15H18N2O2. The molecule has 0 unspecified atom stereocenters. The van der Waals surface area contributed by atoms with E-state index in [0.717, 1.165) is 18.4 Å². The highest BCUT2D eigenvalue weighted by Crippen LogP contribution is 2.17. The molecule has 0 saturated heterocycles. The van der Waals surface area contributed by atoms with Crippen LogP contribution in [0.2, 0.25) is 0 Å². The molecule has 1 heterocycles. The second kappa shape index (κ2) is 6.29. The van der Waals surface area contributed by atoms with Gasteiger partial charge in [-0.1, -0.05) is 37.6 Å². The van der Waals surface area contributed by atoms with Crippen molar-refractivity contribution in [1.29, 1.82) is 0 Å². The smallest absolute Gasteiger partial charge is 0.251 e. The van der Waals surface area contributed by atoms with Crippen molar-refractivity contribution in [2.24, 2.45) is 0 Å². The summed E-state index contributed by atoms with van der Waals surface area (Å²) in [6.45, 7) is 2.46. The minimum atomic E-state index is -0.158. The van der Waals surface area contributed by atoms with E-state index in [2.05, 4.69) is 29.0 Å². The molecule has 0 atom stereocenters. The van der Waals surface area contributed by atoms with Gasteiger partial charge in [-0.2, -0.15) is 0 Å². The van der Waals surface area contributed by atoms with Crippen LogP contribution in [0.1, 0.15) is 24.7 Å². The molecule has 19 heavy (non-hydrogen) atoms. The molecule has 0 bridgehead atoms. The Morgan fingerprint density at radius 3 is 2.63 bits per heavy atom. The number of nitrogens with zero attached hydrogens (tertiary/aromatic N) is 1. The Morgan fingerprint density at radius 1 is 1.26 bits per heavy atom. The molecule has 0 aliphatic carbocycles. The number of aromatic nitrogens is 2. The van der Waals surface area contributed by atoms with Gasteiger partial charge in [-0.25, -0.2) is 4.98 Å². The van der Waals surface area contributed by atoms with E-state index in [0.29, 0.717) is 18.1 Å². The maximum Gasteiger partial charge on any atom is 0.251 e. The zero-order valence-corrected chi connectivity index (χ0v) is 11.3. The van der Waals surface area contributed by atoms with Crippen molar-refractivity contribution in [2.45, 2.75) is 26.4 Å². The first-order chi connectivity index (χ1) is 9.22. The third kappa shape index (κ3) is 3.51. The lowest BCUT2D eigenvalue weighted by molar-refractivity contribution is 0.177. The molecule has 0 radical (unpaired) electrons. The Balaban J connectivity index is 2.32. The van der Waals surface area contributed by atoms with Gasteiger partial charge in [-0.05, 0) is 12.0 Å². The monoisotopic (exact) mass is 258 g/mol. The summed E-state index contributed by atoms with van der Waals surface area (Å²) in [5.41, 5.74) is 2.77. The molecule has 100 valence electrons. The number of hydrogen-bond acceptors (Lipinski definition) is 3. The summed E-state index contributed by atoms with van der Waals surface area (Å²) in [7, 11) is 1.58. The predicted molar refractivity (Wildman–Crippen MR) is 75.0 cm³/mol. The summed E-state index contributed by atoms with van der Waals surface area (Å²) in [6.07, 6.45) is 2.19. The highest BCUT2D eigenvalue weighted by Gasteiger charge is 2.04. The van der Waals surface area contributed by atoms with Gasteiger partial charge < -0.3 is 9.72 Å². The van der Waals surface area contributed by atoms with Gasteiger partial charge in [0.25, 0.3) is 5.56 Å². The van der Waals surface area contributed by atoms with Crippen molar-refractivity contribution < 1.29 is 4.74 Å². The lowest BCUT2D eigenvalue weighted by Crippen LogP contribution is -2.11. The summed E-state index contributed by atoms with van der Waals surface area (Å²) in [6, 6.07) is 9.68. The van der Waals surface area contributed by atoms with Gasteiger partial charge in [-0.3, -0.25) is 4.79 Å². The van der Waals surface area contributed by atoms with E-state index in [4.69, 9.17) is 4.74 Å². The number of aryl methyl sites for hydroxylation is 1. The van der Waals surface area contributed by atoms with Gasteiger partial charge in [-0.15, -0.1) is 0 Å². The Bertz CT molecular complexity index is 588. The van der Waals surface area contributed by atoms with E-state index in [1.165, 1.54) is 11.6 Å². The summed E-state index contributed by atoms with van der Waals surface area (Å²) in [5, 5.41) is 0. The highest BCUT2D eigenvalue weighted by molar-refractivity contribution is 5.58. The van der Waals surface area contributed by atoms with Crippen molar-refractivity contribution in [3.05, 3.63) is 52.1 Å². The van der Waals surface area contributed by atoms with Crippen molar-refractivity contribution in [3.63, 3.8) is 0 Å². The molecular weight excluding hydrogens is 240 g/mol. The van der Waals surface area contributed by atoms with Gasteiger partial charge in [0.05, 0.1) is 5.69 Å². The second-order valence-corrected chi connectivity index (χ2v) is 4.46. The van der Waals surface area contributed by atoms with Crippen LogP contribution in [0.5, 0.6) is 0 Å². The molecule has 2 rings (SSSR count). The van der Waals surface area contributed by atoms with Gasteiger partial charge in [0.15, 0.2) is 0 Å². The van der Waals surface area contributed by atoms with Crippen LogP contribution in [-0.2, 0) is 17.8 Å². The number of H-pyrrole nitrogens is 1. The predicted octanol–water partition coefficient (Wildman–Crippen LogP) is 2.54. The van der Waals surface area contributed by atoms with Gasteiger partial charge >= 0.3 is 0 Å². The standard InChI is InChI=1S/C15H18N2O2/c1-3-4-11-5-7-12(8-6-11)13-9-15(18)17-14(16-13)10-19-2/h5-9H,3-4,10H2,1-2H3,(H,16,17,18). The van der Waals surface area contributed by atoms with Crippen LogP contribution >= 0.6 is 0 Å². The van der Waals surface area contributed by atoms with E-state index in [1.54, 1.807) is 7.11 Å². The highest BCUT2D eigenvalue weighted by atomic mass is 16.5. The lowest BCUT2D eigenvalue weighted by atomic mass is 10.1. The molecule has 4 nitrogen and oxygen atoms in total. The van der Waals surface area contributed by atoms with Crippen LogP contribution in [0.4, 0.5) is 0 Å². The normalized spacial score (nSPS) is 10.6. The molecule has 0 amide bonds. The zero-order chi connectivity index (χ0) is 13.7. The molecule has 4 heteroatoms. The third-order valence-electron chi connectivity index (χ3n) is 2.86. The average molecular weight is 258 g/mol. The Labute approximate surface area is 112 Å². The van der Waals surface area contributed by atoms with E-state index < -0.39 is 0 Å². The molecule has 1 N–H and O–H groups in total. The van der Waals surface area contributed by atoms with Crippen molar-refractivity contribution in [1.82, 2.24) is 9.97 Å². The number of aromatic amines is 1. The van der Waals surface area contributed by atoms with E-state index in [-0.39, 0.29) is 5.56 Å². The first-order valence-electron chi connectivity index (χ1n) is 6.41. The molecule has 0 saturated carbocycles. The number of ether oxygens (including phenoxy) is 1. The van der Waals surface area contributed by atoms with Crippen molar-refractivity contribution in [2.75, 3.05) is 7.11 Å². The largest absolute Gasteiger partial charge is 0.377 e. The Morgan fingerprint density at radius 2 is 2.00 bits per heavy atom. The van der Waals surface area contributed by atoms with Crippen LogP contribution in [0, 0.1) is 0 Å². The molecule has 0 spiro atoms. The van der Waals surface area contributed by atoms with Gasteiger partial charge in [0.2, 0.25) is 0 Å². The molecule has 0 aliphatic rings. The lowest BCUT2D eigenvalue weighted by Gasteiger charge is -2.05. The quantitative estimate of drug-likeness (QED) is 0.896. The molecule has 0 fully saturated rings. The number of nitrogens with one attached hydrogen (secondary N) is 1. The molecule has 2 aromatic rings. The van der Waals surface area contributed by atoms with Crippen LogP contribution < -0.4 is 5.56 Å². The average Bonchev–Trinajstić information content (AvgIpc) is 2.40. The van der Waals surface area contributed by atoms with E-state index in [9.17, 15) is 4.79 Å². The number of rotatable bonds is 5. The fourth-order valence-electron chi connectivity index (χ4n) is 1.99. The minimum absolute atomic E-state index is 0.158. The van der Waals surface area contributed by atoms with Crippen LogP contribution in [0.3, 0.4) is 0 Å².